The van der Waals surface area contributed by atoms with Crippen molar-refractivity contribution in [2.24, 2.45) is 0 Å². The lowest BCUT2D eigenvalue weighted by Crippen LogP contribution is -2.26. The second kappa shape index (κ2) is 11.0. The number of thiazole rings is 1. The first kappa shape index (κ1) is 24.1. The molecule has 5 rings (SSSR count). The molecule has 36 heavy (non-hydrogen) atoms. The number of aromatic nitrogens is 3. The molecule has 0 saturated heterocycles. The molecule has 1 atom stereocenters. The van der Waals surface area contributed by atoms with Crippen molar-refractivity contribution in [2.75, 3.05) is 20.3 Å². The first-order chi connectivity index (χ1) is 17.7. The average Bonchev–Trinajstić information content (AvgIpc) is 3.45. The van der Waals surface area contributed by atoms with Crippen molar-refractivity contribution in [3.05, 3.63) is 68.7 Å². The van der Waals surface area contributed by atoms with Gasteiger partial charge in [0.1, 0.15) is 6.61 Å². The van der Waals surface area contributed by atoms with E-state index in [1.807, 2.05) is 48.5 Å². The fourth-order valence-corrected chi connectivity index (χ4v) is 4.98. The summed E-state index contributed by atoms with van der Waals surface area (Å²) in [5.74, 6) is 3.10. The van der Waals surface area contributed by atoms with Crippen LogP contribution in [0.1, 0.15) is 56.5 Å². The number of hydrogen-bond acceptors (Lipinski definition) is 8. The summed E-state index contributed by atoms with van der Waals surface area (Å²) < 4.78 is 25.0. The van der Waals surface area contributed by atoms with Crippen molar-refractivity contribution in [2.45, 2.75) is 45.1 Å². The summed E-state index contributed by atoms with van der Waals surface area (Å²) in [7, 11) is 1.62. The maximum Gasteiger partial charge on any atom is 0.291 e. The summed E-state index contributed by atoms with van der Waals surface area (Å²) in [4.78, 5) is 18.1. The van der Waals surface area contributed by atoms with Crippen LogP contribution in [0.4, 0.5) is 0 Å². The second-order valence-electron chi connectivity index (χ2n) is 8.62. The molecule has 0 unspecified atom stereocenters. The number of fused-ring (bicyclic) bond motifs is 2. The lowest BCUT2D eigenvalue weighted by Gasteiger charge is -2.24. The molecule has 0 fully saturated rings. The SMILES string of the molecule is CCCCCCCOc1ccc(/C=c2/sc3nc([C@@H]4COc5ccccc5O4)nn3c2=O)cc1OC. The Balaban J connectivity index is 1.31. The van der Waals surface area contributed by atoms with Gasteiger partial charge in [-0.15, -0.1) is 5.10 Å². The van der Waals surface area contributed by atoms with E-state index in [1.54, 1.807) is 7.11 Å². The van der Waals surface area contributed by atoms with E-state index in [0.717, 1.165) is 18.4 Å². The smallest absolute Gasteiger partial charge is 0.291 e. The number of benzene rings is 2. The van der Waals surface area contributed by atoms with E-state index in [1.165, 1.54) is 35.1 Å². The molecule has 0 aliphatic carbocycles. The molecule has 0 N–H and O–H groups in total. The number of hydrogen-bond donors (Lipinski definition) is 0. The van der Waals surface area contributed by atoms with Gasteiger partial charge in [-0.05, 0) is 42.3 Å². The van der Waals surface area contributed by atoms with Gasteiger partial charge in [-0.1, -0.05) is 62.1 Å². The molecular formula is C27H29N3O5S. The highest BCUT2D eigenvalue weighted by atomic mass is 32.1. The van der Waals surface area contributed by atoms with Crippen molar-refractivity contribution in [3.8, 4) is 23.0 Å². The standard InChI is InChI=1S/C27H29N3O5S/c1-3-4-5-6-9-14-33-20-13-12-18(15-22(20)32-2)16-24-26(31)30-27(36-24)28-25(29-30)23-17-34-19-10-7-8-11-21(19)35-23/h7-8,10-13,15-16,23H,3-6,9,14,17H2,1-2H3/b24-16+/t23-/m0/s1. The highest BCUT2D eigenvalue weighted by Crippen LogP contribution is 2.35. The van der Waals surface area contributed by atoms with Crippen LogP contribution in [0, 0.1) is 0 Å². The summed E-state index contributed by atoms with van der Waals surface area (Å²) in [6, 6.07) is 13.1. The molecule has 188 valence electrons. The summed E-state index contributed by atoms with van der Waals surface area (Å²) in [5, 5.41) is 4.41. The van der Waals surface area contributed by atoms with E-state index in [-0.39, 0.29) is 12.2 Å². The van der Waals surface area contributed by atoms with Gasteiger partial charge in [-0.3, -0.25) is 4.79 Å². The molecule has 0 radical (unpaired) electrons. The molecule has 8 nitrogen and oxygen atoms in total. The van der Waals surface area contributed by atoms with Crippen LogP contribution in [0.25, 0.3) is 11.0 Å². The Bertz CT molecular complexity index is 1450. The Kier molecular flexibility index (Phi) is 7.36. The molecule has 3 heterocycles. The zero-order valence-electron chi connectivity index (χ0n) is 20.4. The lowest BCUT2D eigenvalue weighted by atomic mass is 10.1. The highest BCUT2D eigenvalue weighted by molar-refractivity contribution is 7.15. The minimum absolute atomic E-state index is 0.225. The zero-order valence-corrected chi connectivity index (χ0v) is 21.3. The number of rotatable bonds is 10. The summed E-state index contributed by atoms with van der Waals surface area (Å²) in [5.41, 5.74) is 0.613. The third kappa shape index (κ3) is 5.16. The number of methoxy groups -OCH3 is 1. The molecular weight excluding hydrogens is 478 g/mol. The van der Waals surface area contributed by atoms with Gasteiger partial charge in [0.2, 0.25) is 4.96 Å². The van der Waals surface area contributed by atoms with Gasteiger partial charge < -0.3 is 18.9 Å². The second-order valence-corrected chi connectivity index (χ2v) is 9.63. The Labute approximate surface area is 213 Å². The highest BCUT2D eigenvalue weighted by Gasteiger charge is 2.27. The molecule has 2 aromatic heterocycles. The van der Waals surface area contributed by atoms with E-state index in [0.29, 0.717) is 44.9 Å². The first-order valence-electron chi connectivity index (χ1n) is 12.3. The summed E-state index contributed by atoms with van der Waals surface area (Å²) in [6.07, 6.45) is 7.25. The third-order valence-electron chi connectivity index (χ3n) is 5.99. The Morgan fingerprint density at radius 2 is 1.94 bits per heavy atom. The number of para-hydroxylation sites is 2. The van der Waals surface area contributed by atoms with Crippen molar-refractivity contribution in [1.82, 2.24) is 14.6 Å². The van der Waals surface area contributed by atoms with Crippen LogP contribution in [0.2, 0.25) is 0 Å². The lowest BCUT2D eigenvalue weighted by molar-refractivity contribution is 0.0852. The largest absolute Gasteiger partial charge is 0.493 e. The quantitative estimate of drug-likeness (QED) is 0.291. The van der Waals surface area contributed by atoms with Gasteiger partial charge in [0.15, 0.2) is 34.9 Å². The van der Waals surface area contributed by atoms with Gasteiger partial charge in [-0.2, -0.15) is 9.50 Å². The van der Waals surface area contributed by atoms with Gasteiger partial charge in [0.05, 0.1) is 18.2 Å². The monoisotopic (exact) mass is 507 g/mol. The minimum atomic E-state index is -0.470. The molecule has 0 amide bonds. The topological polar surface area (TPSA) is 84.2 Å². The maximum absolute atomic E-state index is 13.0. The van der Waals surface area contributed by atoms with Crippen molar-refractivity contribution >= 4 is 22.4 Å². The minimum Gasteiger partial charge on any atom is -0.493 e. The molecule has 4 aromatic rings. The van der Waals surface area contributed by atoms with Crippen LogP contribution in [-0.4, -0.2) is 34.9 Å². The van der Waals surface area contributed by atoms with E-state index < -0.39 is 6.10 Å². The zero-order chi connectivity index (χ0) is 24.9. The number of ether oxygens (including phenoxy) is 4. The van der Waals surface area contributed by atoms with Crippen LogP contribution in [0.15, 0.2) is 47.3 Å². The molecule has 1 aliphatic heterocycles. The Hall–Kier alpha value is -3.59. The number of unbranched alkanes of at least 4 members (excludes halogenated alkanes) is 4. The van der Waals surface area contributed by atoms with E-state index in [9.17, 15) is 4.79 Å². The van der Waals surface area contributed by atoms with Gasteiger partial charge >= 0.3 is 0 Å². The Morgan fingerprint density at radius 3 is 2.75 bits per heavy atom. The fourth-order valence-electron chi connectivity index (χ4n) is 4.06. The van der Waals surface area contributed by atoms with E-state index in [4.69, 9.17) is 18.9 Å². The van der Waals surface area contributed by atoms with Crippen molar-refractivity contribution < 1.29 is 18.9 Å². The van der Waals surface area contributed by atoms with E-state index in [2.05, 4.69) is 17.0 Å². The van der Waals surface area contributed by atoms with Gasteiger partial charge in [0, 0.05) is 0 Å². The van der Waals surface area contributed by atoms with Crippen LogP contribution < -0.4 is 29.0 Å². The van der Waals surface area contributed by atoms with Crippen LogP contribution in [0.5, 0.6) is 23.0 Å². The predicted molar refractivity (Wildman–Crippen MR) is 138 cm³/mol. The number of nitrogens with zero attached hydrogens (tertiary/aromatic N) is 3. The van der Waals surface area contributed by atoms with E-state index >= 15 is 0 Å². The first-order valence-corrected chi connectivity index (χ1v) is 13.1. The molecule has 0 saturated carbocycles. The molecule has 1 aliphatic rings. The Morgan fingerprint density at radius 1 is 1.11 bits per heavy atom. The van der Waals surface area contributed by atoms with Crippen LogP contribution in [-0.2, 0) is 0 Å². The molecule has 0 bridgehead atoms. The molecule has 9 heteroatoms. The average molecular weight is 508 g/mol. The summed E-state index contributed by atoms with van der Waals surface area (Å²) >= 11 is 1.28. The van der Waals surface area contributed by atoms with Crippen LogP contribution >= 0.6 is 11.3 Å². The summed E-state index contributed by atoms with van der Waals surface area (Å²) in [6.45, 7) is 3.15. The molecule has 2 aromatic carbocycles. The van der Waals surface area contributed by atoms with Crippen molar-refractivity contribution in [3.63, 3.8) is 0 Å². The normalized spacial score (nSPS) is 15.4. The molecule has 0 spiro atoms. The third-order valence-corrected chi connectivity index (χ3v) is 6.94. The van der Waals surface area contributed by atoms with Crippen molar-refractivity contribution in [1.29, 1.82) is 0 Å². The fraction of sp³-hybridized carbons (Fsp3) is 0.370. The predicted octanol–water partition coefficient (Wildman–Crippen LogP) is 4.57. The maximum atomic E-state index is 13.0. The van der Waals surface area contributed by atoms with Gasteiger partial charge in [-0.25, -0.2) is 0 Å². The van der Waals surface area contributed by atoms with Crippen LogP contribution in [0.3, 0.4) is 0 Å². The van der Waals surface area contributed by atoms with Gasteiger partial charge in [0.25, 0.3) is 5.56 Å².